The molecule has 4 aromatic rings. The number of rotatable bonds is 7. The molecule has 3 aromatic carbocycles. The summed E-state index contributed by atoms with van der Waals surface area (Å²) in [5.74, 6) is 0. The van der Waals surface area contributed by atoms with E-state index >= 15 is 0 Å². The second-order valence-electron chi connectivity index (χ2n) is 7.23. The molecule has 0 radical (unpaired) electrons. The highest BCUT2D eigenvalue weighted by Crippen LogP contribution is 2.29. The van der Waals surface area contributed by atoms with Gasteiger partial charge in [-0.05, 0) is 61.3 Å². The summed E-state index contributed by atoms with van der Waals surface area (Å²) in [7, 11) is -3.63. The van der Waals surface area contributed by atoms with Crippen LogP contribution in [0.15, 0.2) is 71.6 Å². The summed E-state index contributed by atoms with van der Waals surface area (Å²) >= 11 is 0. The van der Waals surface area contributed by atoms with Crippen molar-refractivity contribution < 1.29 is 8.42 Å². The van der Waals surface area contributed by atoms with Crippen molar-refractivity contribution in [2.24, 2.45) is 5.14 Å². The van der Waals surface area contributed by atoms with Gasteiger partial charge in [0.2, 0.25) is 10.0 Å². The lowest BCUT2D eigenvalue weighted by Crippen LogP contribution is -2.17. The van der Waals surface area contributed by atoms with Crippen LogP contribution in [0, 0.1) is 0 Å². The van der Waals surface area contributed by atoms with Crippen LogP contribution >= 0.6 is 0 Å². The van der Waals surface area contributed by atoms with Crippen LogP contribution in [0.25, 0.3) is 21.8 Å². The average molecular weight is 408 g/mol. The zero-order chi connectivity index (χ0) is 20.4. The number of nitrogens with zero attached hydrogens (tertiary/aromatic N) is 1. The molecule has 0 spiro atoms. The van der Waals surface area contributed by atoms with Gasteiger partial charge in [-0.25, -0.2) is 13.6 Å². The third-order valence-corrected chi connectivity index (χ3v) is 6.25. The quantitative estimate of drug-likeness (QED) is 0.458. The van der Waals surface area contributed by atoms with Gasteiger partial charge in [0.1, 0.15) is 0 Å². The molecule has 0 unspecified atom stereocenters. The Bertz CT molecular complexity index is 1260. The fraction of sp³-hybridized carbons (Fsp3) is 0.217. The van der Waals surface area contributed by atoms with Crippen LogP contribution < -0.4 is 10.5 Å². The molecule has 1 heterocycles. The zero-order valence-electron chi connectivity index (χ0n) is 16.4. The van der Waals surface area contributed by atoms with Crippen LogP contribution in [0.3, 0.4) is 0 Å². The molecule has 29 heavy (non-hydrogen) atoms. The highest BCUT2D eigenvalue weighted by Gasteiger charge is 2.10. The van der Waals surface area contributed by atoms with Crippen LogP contribution in [-0.4, -0.2) is 19.5 Å². The maximum absolute atomic E-state index is 11.3. The highest BCUT2D eigenvalue weighted by atomic mass is 32.2. The number of para-hydroxylation sites is 1. The van der Waals surface area contributed by atoms with Crippen molar-refractivity contribution in [1.29, 1.82) is 0 Å². The van der Waals surface area contributed by atoms with Crippen LogP contribution in [0.4, 0.5) is 0 Å². The summed E-state index contributed by atoms with van der Waals surface area (Å²) in [6.07, 6.45) is 0.822. The Morgan fingerprint density at radius 2 is 1.59 bits per heavy atom. The minimum Gasteiger partial charge on any atom is -0.341 e. The number of nitrogens with two attached hydrogens (primary N) is 1. The smallest absolute Gasteiger partial charge is 0.238 e. The van der Waals surface area contributed by atoms with E-state index in [1.807, 2.05) is 12.1 Å². The fourth-order valence-corrected chi connectivity index (χ4v) is 4.38. The molecular weight excluding hydrogens is 382 g/mol. The molecule has 0 aliphatic heterocycles. The fourth-order valence-electron chi connectivity index (χ4n) is 3.86. The molecule has 5 nitrogen and oxygen atoms in total. The number of hydrogen-bond donors (Lipinski definition) is 2. The molecule has 0 aliphatic carbocycles. The molecule has 0 amide bonds. The maximum atomic E-state index is 11.3. The summed E-state index contributed by atoms with van der Waals surface area (Å²) in [6.45, 7) is 4.73. The van der Waals surface area contributed by atoms with E-state index in [-0.39, 0.29) is 4.90 Å². The van der Waals surface area contributed by atoms with E-state index in [4.69, 9.17) is 5.14 Å². The van der Waals surface area contributed by atoms with Gasteiger partial charge in [0, 0.05) is 34.9 Å². The first kappa shape index (κ1) is 19.6. The molecule has 0 bridgehead atoms. The third-order valence-electron chi connectivity index (χ3n) is 5.32. The summed E-state index contributed by atoms with van der Waals surface area (Å²) in [5.41, 5.74) is 4.87. The normalized spacial score (nSPS) is 12.1. The number of hydrogen-bond acceptors (Lipinski definition) is 3. The molecule has 4 rings (SSSR count). The van der Waals surface area contributed by atoms with Crippen molar-refractivity contribution in [3.63, 3.8) is 0 Å². The van der Waals surface area contributed by atoms with Gasteiger partial charge in [0.05, 0.1) is 4.90 Å². The Morgan fingerprint density at radius 3 is 2.31 bits per heavy atom. The number of benzene rings is 3. The standard InChI is InChI=1S/C23H25N3O2S/c1-2-26-22-6-4-3-5-20(22)21-15-18(9-12-23(21)26)16-25-14-13-17-7-10-19(11-8-17)29(24,27)28/h3-12,15,25H,2,13-14,16H2,1H3,(H2,24,27,28). The van der Waals surface area contributed by atoms with Gasteiger partial charge in [-0.2, -0.15) is 0 Å². The minimum absolute atomic E-state index is 0.147. The van der Waals surface area contributed by atoms with Gasteiger partial charge in [-0.1, -0.05) is 36.4 Å². The van der Waals surface area contributed by atoms with Gasteiger partial charge in [-0.15, -0.1) is 0 Å². The van der Waals surface area contributed by atoms with Gasteiger partial charge >= 0.3 is 0 Å². The molecule has 0 fully saturated rings. The largest absolute Gasteiger partial charge is 0.341 e. The van der Waals surface area contributed by atoms with Gasteiger partial charge in [-0.3, -0.25) is 0 Å². The second kappa shape index (κ2) is 7.99. The van der Waals surface area contributed by atoms with E-state index in [1.165, 1.54) is 27.4 Å². The van der Waals surface area contributed by atoms with Crippen LogP contribution in [-0.2, 0) is 29.5 Å². The van der Waals surface area contributed by atoms with Crippen LogP contribution in [0.1, 0.15) is 18.1 Å². The van der Waals surface area contributed by atoms with Crippen LogP contribution in [0.2, 0.25) is 0 Å². The third kappa shape index (κ3) is 4.05. The van der Waals surface area contributed by atoms with E-state index in [2.05, 4.69) is 59.3 Å². The molecular formula is C23H25N3O2S. The van der Waals surface area contributed by atoms with E-state index < -0.39 is 10.0 Å². The molecule has 0 aliphatic rings. The number of aromatic nitrogens is 1. The summed E-state index contributed by atoms with van der Waals surface area (Å²) < 4.78 is 25.0. The molecule has 6 heteroatoms. The minimum atomic E-state index is -3.63. The van der Waals surface area contributed by atoms with Crippen molar-refractivity contribution in [2.75, 3.05) is 6.54 Å². The molecule has 3 N–H and O–H groups in total. The first-order chi connectivity index (χ1) is 14.0. The molecule has 0 atom stereocenters. The van der Waals surface area contributed by atoms with Crippen molar-refractivity contribution in [1.82, 2.24) is 9.88 Å². The molecule has 150 valence electrons. The maximum Gasteiger partial charge on any atom is 0.238 e. The lowest BCUT2D eigenvalue weighted by atomic mass is 10.1. The first-order valence-corrected chi connectivity index (χ1v) is 11.3. The summed E-state index contributed by atoms with van der Waals surface area (Å²) in [4.78, 5) is 0.147. The molecule has 0 saturated carbocycles. The van der Waals surface area contributed by atoms with Crippen molar-refractivity contribution >= 4 is 31.8 Å². The van der Waals surface area contributed by atoms with Crippen LogP contribution in [0.5, 0.6) is 0 Å². The number of fused-ring (bicyclic) bond motifs is 3. The van der Waals surface area contributed by atoms with Crippen molar-refractivity contribution in [3.05, 3.63) is 77.9 Å². The van der Waals surface area contributed by atoms with Crippen molar-refractivity contribution in [2.45, 2.75) is 31.3 Å². The summed E-state index contributed by atoms with van der Waals surface area (Å²) in [5, 5.41) is 11.2. The Hall–Kier alpha value is -2.67. The van der Waals surface area contributed by atoms with Crippen molar-refractivity contribution in [3.8, 4) is 0 Å². The van der Waals surface area contributed by atoms with Gasteiger partial charge in [0.25, 0.3) is 0 Å². The Morgan fingerprint density at radius 1 is 0.897 bits per heavy atom. The molecule has 0 saturated heterocycles. The van der Waals surface area contributed by atoms with Gasteiger partial charge < -0.3 is 9.88 Å². The predicted octanol–water partition coefficient (Wildman–Crippen LogP) is 3.79. The SMILES string of the molecule is CCn1c2ccccc2c2cc(CNCCc3ccc(S(N)(=O)=O)cc3)ccc21. The van der Waals surface area contributed by atoms with E-state index in [9.17, 15) is 8.42 Å². The lowest BCUT2D eigenvalue weighted by molar-refractivity contribution is 0.597. The highest BCUT2D eigenvalue weighted by molar-refractivity contribution is 7.89. The number of primary sulfonamides is 1. The number of sulfonamides is 1. The average Bonchev–Trinajstić information content (AvgIpc) is 3.04. The lowest BCUT2D eigenvalue weighted by Gasteiger charge is -2.07. The van der Waals surface area contributed by atoms with Gasteiger partial charge in [0.15, 0.2) is 0 Å². The Kier molecular flexibility index (Phi) is 5.41. The second-order valence-corrected chi connectivity index (χ2v) is 8.79. The number of aryl methyl sites for hydroxylation is 1. The predicted molar refractivity (Wildman–Crippen MR) is 118 cm³/mol. The first-order valence-electron chi connectivity index (χ1n) is 9.79. The molecule has 1 aromatic heterocycles. The Labute approximate surface area is 171 Å². The van der Waals surface area contributed by atoms with E-state index in [0.29, 0.717) is 0 Å². The number of nitrogens with one attached hydrogen (secondary N) is 1. The topological polar surface area (TPSA) is 77.1 Å². The Balaban J connectivity index is 1.43. The monoisotopic (exact) mass is 407 g/mol. The van der Waals surface area contributed by atoms with E-state index in [1.54, 1.807) is 12.1 Å². The summed E-state index contributed by atoms with van der Waals surface area (Å²) in [6, 6.07) is 22.0. The zero-order valence-corrected chi connectivity index (χ0v) is 17.2. The van der Waals surface area contributed by atoms with E-state index in [0.717, 1.165) is 31.6 Å².